The average molecular weight is 561 g/mol. The summed E-state index contributed by atoms with van der Waals surface area (Å²) in [5.74, 6) is 0.544. The molecule has 0 unspecified atom stereocenters. The van der Waals surface area contributed by atoms with E-state index in [0.717, 1.165) is 69.4 Å². The van der Waals surface area contributed by atoms with Gasteiger partial charge in [0, 0.05) is 61.9 Å². The molecule has 1 aromatic heterocycles. The van der Waals surface area contributed by atoms with E-state index in [9.17, 15) is 22.9 Å². The van der Waals surface area contributed by atoms with E-state index in [1.54, 1.807) is 6.20 Å². The molecule has 2 amide bonds. The Morgan fingerprint density at radius 3 is 2.35 bits per heavy atom. The Kier molecular flexibility index (Phi) is 8.60. The van der Waals surface area contributed by atoms with Gasteiger partial charge in [-0.3, -0.25) is 0 Å². The number of nitrogens with one attached hydrogen (secondary N) is 2. The minimum Gasteiger partial charge on any atom is -0.474 e. The van der Waals surface area contributed by atoms with Crippen molar-refractivity contribution in [1.29, 1.82) is 0 Å². The van der Waals surface area contributed by atoms with Crippen molar-refractivity contribution in [2.75, 3.05) is 36.4 Å². The third-order valence-corrected chi connectivity index (χ3v) is 8.07. The maximum Gasteiger partial charge on any atom is 0.418 e. The van der Waals surface area contributed by atoms with Crippen LogP contribution in [0, 0.1) is 4.91 Å². The lowest BCUT2D eigenvalue weighted by Gasteiger charge is -2.36. The summed E-state index contributed by atoms with van der Waals surface area (Å²) < 4.78 is 45.9. The molecule has 9 nitrogen and oxygen atoms in total. The summed E-state index contributed by atoms with van der Waals surface area (Å²) in [4.78, 5) is 31.8. The van der Waals surface area contributed by atoms with Gasteiger partial charge in [-0.2, -0.15) is 13.2 Å². The average Bonchev–Trinajstić information content (AvgIpc) is 3.47. The van der Waals surface area contributed by atoms with Crippen LogP contribution in [0.15, 0.2) is 41.7 Å². The minimum atomic E-state index is -4.65. The third-order valence-electron chi connectivity index (χ3n) is 8.07. The van der Waals surface area contributed by atoms with Gasteiger partial charge in [0.15, 0.2) is 0 Å². The lowest BCUT2D eigenvalue weighted by atomic mass is 9.92. The fourth-order valence-electron chi connectivity index (χ4n) is 5.83. The molecule has 12 heteroatoms. The number of hydrogen-bond donors (Lipinski definition) is 2. The molecule has 1 aliphatic heterocycles. The zero-order valence-corrected chi connectivity index (χ0v) is 22.3. The summed E-state index contributed by atoms with van der Waals surface area (Å²) in [6.45, 7) is 2.79. The number of rotatable bonds is 7. The molecule has 2 aromatic rings. The summed E-state index contributed by atoms with van der Waals surface area (Å²) >= 11 is 0. The molecule has 5 rings (SSSR count). The van der Waals surface area contributed by atoms with E-state index in [2.05, 4.69) is 25.7 Å². The highest BCUT2D eigenvalue weighted by Gasteiger charge is 2.35. The second-order valence-electron chi connectivity index (χ2n) is 10.8. The molecule has 2 saturated carbocycles. The van der Waals surface area contributed by atoms with Crippen molar-refractivity contribution >= 4 is 23.1 Å². The van der Waals surface area contributed by atoms with Gasteiger partial charge in [0.25, 0.3) is 0 Å². The van der Waals surface area contributed by atoms with E-state index in [1.165, 1.54) is 18.9 Å². The first-order valence-corrected chi connectivity index (χ1v) is 14.0. The Morgan fingerprint density at radius 1 is 0.950 bits per heavy atom. The van der Waals surface area contributed by atoms with Crippen molar-refractivity contribution in [2.24, 2.45) is 5.18 Å². The van der Waals surface area contributed by atoms with Crippen molar-refractivity contribution in [1.82, 2.24) is 15.2 Å². The first-order chi connectivity index (χ1) is 19.3. The lowest BCUT2D eigenvalue weighted by molar-refractivity contribution is -0.137. The maximum atomic E-state index is 13.2. The van der Waals surface area contributed by atoms with Crippen LogP contribution in [0.5, 0.6) is 5.88 Å². The normalized spacial score (nSPS) is 22.2. The number of pyridine rings is 1. The van der Waals surface area contributed by atoms with Crippen molar-refractivity contribution in [3.05, 3.63) is 47.0 Å². The molecule has 3 aliphatic rings. The lowest BCUT2D eigenvalue weighted by Crippen LogP contribution is -2.53. The van der Waals surface area contributed by atoms with Crippen molar-refractivity contribution < 1.29 is 22.7 Å². The van der Waals surface area contributed by atoms with Gasteiger partial charge in [0.2, 0.25) is 5.88 Å². The van der Waals surface area contributed by atoms with Gasteiger partial charge in [-0.25, -0.2) is 9.78 Å². The van der Waals surface area contributed by atoms with Gasteiger partial charge in [-0.05, 0) is 68.0 Å². The number of benzene rings is 1. The molecule has 2 heterocycles. The van der Waals surface area contributed by atoms with Gasteiger partial charge in [-0.15, -0.1) is 4.91 Å². The summed E-state index contributed by atoms with van der Waals surface area (Å²) in [5.41, 5.74) is -0.333. The number of alkyl halides is 3. The third kappa shape index (κ3) is 6.95. The molecule has 216 valence electrons. The summed E-state index contributed by atoms with van der Waals surface area (Å²) in [7, 11) is 0. The van der Waals surface area contributed by atoms with Crippen LogP contribution in [0.4, 0.5) is 35.0 Å². The molecule has 2 aliphatic carbocycles. The highest BCUT2D eigenvalue weighted by Crippen LogP contribution is 2.38. The predicted octanol–water partition coefficient (Wildman–Crippen LogP) is 6.07. The zero-order valence-electron chi connectivity index (χ0n) is 22.3. The quantitative estimate of drug-likeness (QED) is 0.399. The van der Waals surface area contributed by atoms with Gasteiger partial charge >= 0.3 is 12.2 Å². The van der Waals surface area contributed by atoms with Gasteiger partial charge in [-0.1, -0.05) is 12.8 Å². The second-order valence-corrected chi connectivity index (χ2v) is 10.8. The van der Waals surface area contributed by atoms with E-state index in [4.69, 9.17) is 4.74 Å². The van der Waals surface area contributed by atoms with Crippen molar-refractivity contribution in [2.45, 2.75) is 75.7 Å². The monoisotopic (exact) mass is 560 g/mol. The fraction of sp³-hybridized carbons (Fsp3) is 0.571. The number of aromatic nitrogens is 1. The molecule has 2 N–H and O–H groups in total. The van der Waals surface area contributed by atoms with Crippen LogP contribution in [0.1, 0.15) is 56.9 Å². The number of ether oxygens (including phenoxy) is 1. The topological polar surface area (TPSA) is 99.2 Å². The largest absolute Gasteiger partial charge is 0.474 e. The summed E-state index contributed by atoms with van der Waals surface area (Å²) in [6, 6.07) is 7.70. The Balaban J connectivity index is 1.09. The first kappa shape index (κ1) is 28.0. The van der Waals surface area contributed by atoms with Crippen LogP contribution >= 0.6 is 0 Å². The van der Waals surface area contributed by atoms with E-state index in [-0.39, 0.29) is 18.2 Å². The number of hydrogen-bond acceptors (Lipinski definition) is 7. The number of carbonyl (C=O) groups excluding carboxylic acids is 1. The number of amides is 2. The van der Waals surface area contributed by atoms with Crippen LogP contribution < -0.4 is 20.3 Å². The van der Waals surface area contributed by atoms with E-state index in [1.807, 2.05) is 17.0 Å². The highest BCUT2D eigenvalue weighted by molar-refractivity contribution is 5.75. The number of nitrogens with zero attached hydrogens (tertiary/aromatic N) is 4. The molecule has 0 spiro atoms. The number of piperazine rings is 1. The second kappa shape index (κ2) is 12.3. The van der Waals surface area contributed by atoms with E-state index < -0.39 is 17.4 Å². The summed E-state index contributed by atoms with van der Waals surface area (Å²) in [6.07, 6.45) is 4.48. The molecule has 0 bridgehead atoms. The zero-order chi connectivity index (χ0) is 28.1. The SMILES string of the molecule is O=Nc1ccc(NC2CCC(Oc3cc(N4CCN(C(=O)NC5CCCC5)CC4)ccn3)CC2)cc1C(F)(F)F. The Hall–Kier alpha value is -3.57. The maximum absolute atomic E-state index is 13.2. The molecule has 3 fully saturated rings. The molecule has 40 heavy (non-hydrogen) atoms. The Labute approximate surface area is 231 Å². The fourth-order valence-corrected chi connectivity index (χ4v) is 5.83. The molecule has 0 atom stereocenters. The molecular formula is C28H35F3N6O3. The summed E-state index contributed by atoms with van der Waals surface area (Å²) in [5, 5.41) is 8.82. The van der Waals surface area contributed by atoms with Crippen molar-refractivity contribution in [3.8, 4) is 5.88 Å². The number of urea groups is 1. The minimum absolute atomic E-state index is 0.00238. The number of anilines is 2. The highest BCUT2D eigenvalue weighted by atomic mass is 19.4. The Morgan fingerprint density at radius 2 is 1.68 bits per heavy atom. The predicted molar refractivity (Wildman–Crippen MR) is 146 cm³/mol. The van der Waals surface area contributed by atoms with Gasteiger partial charge in [0.1, 0.15) is 11.8 Å². The van der Waals surface area contributed by atoms with Crippen LogP contribution in [0.25, 0.3) is 0 Å². The standard InChI is InChI=1S/C28H35F3N6O3/c29-28(30,31)24-17-21(7-10-25(24)35-39)33-20-5-8-23(9-6-20)40-26-18-22(11-12-32-26)36-13-15-37(16-14-36)27(38)34-19-3-1-2-4-19/h7,10-12,17-20,23,33H,1-6,8-9,13-16H2,(H,34,38). The first-order valence-electron chi connectivity index (χ1n) is 14.0. The van der Waals surface area contributed by atoms with Gasteiger partial charge < -0.3 is 25.2 Å². The van der Waals surface area contributed by atoms with Crippen LogP contribution in [0.2, 0.25) is 0 Å². The van der Waals surface area contributed by atoms with E-state index in [0.29, 0.717) is 30.7 Å². The molecular weight excluding hydrogens is 525 g/mol. The number of halogens is 3. The van der Waals surface area contributed by atoms with Crippen LogP contribution in [-0.2, 0) is 6.18 Å². The van der Waals surface area contributed by atoms with Crippen LogP contribution in [-0.4, -0.2) is 60.3 Å². The Bertz CT molecular complexity index is 1170. The number of nitroso groups, excluding NO2 is 1. The smallest absolute Gasteiger partial charge is 0.418 e. The van der Waals surface area contributed by atoms with E-state index >= 15 is 0 Å². The molecule has 1 saturated heterocycles. The van der Waals surface area contributed by atoms with Crippen LogP contribution in [0.3, 0.4) is 0 Å². The molecule has 1 aromatic carbocycles. The van der Waals surface area contributed by atoms with Gasteiger partial charge in [0.05, 0.1) is 5.56 Å². The molecule has 0 radical (unpaired) electrons. The number of carbonyl (C=O) groups is 1. The van der Waals surface area contributed by atoms with Crippen molar-refractivity contribution in [3.63, 3.8) is 0 Å².